The van der Waals surface area contributed by atoms with Gasteiger partial charge in [0.1, 0.15) is 5.78 Å². The van der Waals surface area contributed by atoms with Crippen molar-refractivity contribution in [2.24, 2.45) is 17.8 Å². The molecular weight excluding hydrogens is 278 g/mol. The minimum absolute atomic E-state index is 0.118. The smallest absolute Gasteiger partial charge is 0.197 e. The van der Waals surface area contributed by atoms with Gasteiger partial charge in [-0.15, -0.1) is 0 Å². The number of carbonyl (C=O) groups is 1. The van der Waals surface area contributed by atoms with Gasteiger partial charge in [0, 0.05) is 30.0 Å². The highest BCUT2D eigenvalue weighted by atomic mass is 16.3. The Balaban J connectivity index is 1.98. The first kappa shape index (κ1) is 16.9. The second-order valence-corrected chi connectivity index (χ2v) is 7.32. The van der Waals surface area contributed by atoms with Crippen LogP contribution in [0.3, 0.4) is 0 Å². The summed E-state index contributed by atoms with van der Waals surface area (Å²) in [6.45, 7) is 8.58. The van der Waals surface area contributed by atoms with E-state index in [-0.39, 0.29) is 29.5 Å². The highest BCUT2D eigenvalue weighted by Gasteiger charge is 2.28. The third-order valence-corrected chi connectivity index (χ3v) is 4.96. The van der Waals surface area contributed by atoms with Crippen molar-refractivity contribution in [2.75, 3.05) is 0 Å². The molecule has 0 spiro atoms. The van der Waals surface area contributed by atoms with Gasteiger partial charge in [-0.05, 0) is 37.5 Å². The molecule has 124 valence electrons. The molecule has 0 amide bonds. The van der Waals surface area contributed by atoms with Gasteiger partial charge in [0.05, 0.1) is 0 Å². The number of carbonyl (C=O) groups excluding carboxylic acids is 1. The zero-order valence-corrected chi connectivity index (χ0v) is 14.2. The van der Waals surface area contributed by atoms with Crippen LogP contribution in [0.5, 0.6) is 11.8 Å². The van der Waals surface area contributed by atoms with Gasteiger partial charge in [0.15, 0.2) is 11.8 Å². The molecule has 0 saturated heterocycles. The molecule has 0 atom stereocenters. The largest absolute Gasteiger partial charge is 0.494 e. The second-order valence-electron chi connectivity index (χ2n) is 7.32. The highest BCUT2D eigenvalue weighted by molar-refractivity contribution is 5.82. The molecule has 22 heavy (non-hydrogen) atoms. The number of hydrogen-bond acceptors (Lipinski definition) is 3. The molecule has 1 fully saturated rings. The molecule has 2 rings (SSSR count). The molecule has 0 bridgehead atoms. The van der Waals surface area contributed by atoms with Crippen LogP contribution < -0.4 is 0 Å². The molecule has 1 saturated carbocycles. The summed E-state index contributed by atoms with van der Waals surface area (Å²) in [7, 11) is 0. The first-order valence-corrected chi connectivity index (χ1v) is 8.46. The van der Waals surface area contributed by atoms with Crippen LogP contribution in [-0.4, -0.2) is 20.6 Å². The Labute approximate surface area is 133 Å². The minimum atomic E-state index is 0.118. The summed E-state index contributed by atoms with van der Waals surface area (Å²) in [4.78, 5) is 12.1. The van der Waals surface area contributed by atoms with Gasteiger partial charge >= 0.3 is 0 Å². The standard InChI is InChI=1S/C18H29NO3/c1-11(2)15-9-16(20)19(18(15)22)10-13-5-7-14(8-6-13)17(21)12(3)4/h9,11-14,20,22H,5-8,10H2,1-4H3. The van der Waals surface area contributed by atoms with E-state index in [0.29, 0.717) is 18.2 Å². The van der Waals surface area contributed by atoms with E-state index in [1.54, 1.807) is 10.6 Å². The number of nitrogens with zero attached hydrogens (tertiary/aromatic N) is 1. The van der Waals surface area contributed by atoms with Crippen LogP contribution >= 0.6 is 0 Å². The molecule has 1 aliphatic carbocycles. The van der Waals surface area contributed by atoms with E-state index >= 15 is 0 Å². The lowest BCUT2D eigenvalue weighted by molar-refractivity contribution is -0.127. The zero-order chi connectivity index (χ0) is 16.4. The van der Waals surface area contributed by atoms with Gasteiger partial charge in [0.2, 0.25) is 0 Å². The molecule has 1 aromatic rings. The van der Waals surface area contributed by atoms with Crippen LogP contribution in [0.15, 0.2) is 6.07 Å². The number of hydrogen-bond donors (Lipinski definition) is 2. The van der Waals surface area contributed by atoms with Gasteiger partial charge in [0.25, 0.3) is 0 Å². The van der Waals surface area contributed by atoms with E-state index in [0.717, 1.165) is 31.2 Å². The monoisotopic (exact) mass is 307 g/mol. The van der Waals surface area contributed by atoms with Gasteiger partial charge in [-0.25, -0.2) is 0 Å². The van der Waals surface area contributed by atoms with E-state index in [1.807, 2.05) is 27.7 Å². The number of Topliss-reactive ketones (excluding diaryl/α,β-unsaturated/α-hetero) is 1. The van der Waals surface area contributed by atoms with E-state index in [4.69, 9.17) is 0 Å². The summed E-state index contributed by atoms with van der Waals surface area (Å²) in [6, 6.07) is 1.66. The van der Waals surface area contributed by atoms with Crippen molar-refractivity contribution in [3.05, 3.63) is 11.6 Å². The molecular formula is C18H29NO3. The van der Waals surface area contributed by atoms with Crippen LogP contribution in [-0.2, 0) is 11.3 Å². The molecule has 1 aromatic heterocycles. The van der Waals surface area contributed by atoms with Crippen molar-refractivity contribution in [1.82, 2.24) is 4.57 Å². The number of rotatable bonds is 5. The van der Waals surface area contributed by atoms with Crippen LogP contribution in [0.1, 0.15) is 64.9 Å². The summed E-state index contributed by atoms with van der Waals surface area (Å²) in [6.07, 6.45) is 3.83. The zero-order valence-electron chi connectivity index (χ0n) is 14.2. The maximum absolute atomic E-state index is 12.1. The van der Waals surface area contributed by atoms with Gasteiger partial charge in [-0.3, -0.25) is 9.36 Å². The average molecular weight is 307 g/mol. The molecule has 4 heteroatoms. The minimum Gasteiger partial charge on any atom is -0.494 e. The molecule has 2 N–H and O–H groups in total. The van der Waals surface area contributed by atoms with Crippen molar-refractivity contribution in [1.29, 1.82) is 0 Å². The van der Waals surface area contributed by atoms with Crippen LogP contribution in [0.25, 0.3) is 0 Å². The average Bonchev–Trinajstić information content (AvgIpc) is 2.75. The van der Waals surface area contributed by atoms with Gasteiger partial charge < -0.3 is 10.2 Å². The molecule has 0 radical (unpaired) electrons. The van der Waals surface area contributed by atoms with E-state index in [2.05, 4.69) is 0 Å². The lowest BCUT2D eigenvalue weighted by atomic mass is 9.78. The first-order valence-electron chi connectivity index (χ1n) is 8.46. The third-order valence-electron chi connectivity index (χ3n) is 4.96. The SMILES string of the molecule is CC(C)C(=O)C1CCC(Cn2c(O)cc(C(C)C)c2O)CC1. The molecule has 1 aliphatic rings. The summed E-state index contributed by atoms with van der Waals surface area (Å²) in [5.74, 6) is 1.63. The lowest BCUT2D eigenvalue weighted by Gasteiger charge is -2.29. The van der Waals surface area contributed by atoms with Crippen molar-refractivity contribution in [2.45, 2.75) is 65.8 Å². The van der Waals surface area contributed by atoms with Crippen LogP contribution in [0.2, 0.25) is 0 Å². The summed E-state index contributed by atoms with van der Waals surface area (Å²) >= 11 is 0. The Hall–Kier alpha value is -1.45. The Bertz CT molecular complexity index is 523. The van der Waals surface area contributed by atoms with Crippen molar-refractivity contribution < 1.29 is 15.0 Å². The van der Waals surface area contributed by atoms with E-state index < -0.39 is 0 Å². The quantitative estimate of drug-likeness (QED) is 0.862. The van der Waals surface area contributed by atoms with Gasteiger partial charge in [-0.2, -0.15) is 0 Å². The van der Waals surface area contributed by atoms with Crippen molar-refractivity contribution in [3.8, 4) is 11.8 Å². The fourth-order valence-electron chi connectivity index (χ4n) is 3.51. The number of ketones is 1. The fourth-order valence-corrected chi connectivity index (χ4v) is 3.51. The maximum atomic E-state index is 12.1. The molecule has 1 heterocycles. The summed E-state index contributed by atoms with van der Waals surface area (Å²) in [5.41, 5.74) is 0.793. The predicted molar refractivity (Wildman–Crippen MR) is 87.1 cm³/mol. The molecule has 0 aromatic carbocycles. The third kappa shape index (κ3) is 3.47. The topological polar surface area (TPSA) is 62.5 Å². The van der Waals surface area contributed by atoms with Crippen LogP contribution in [0.4, 0.5) is 0 Å². The van der Waals surface area contributed by atoms with Crippen molar-refractivity contribution in [3.63, 3.8) is 0 Å². The Morgan fingerprint density at radius 2 is 1.77 bits per heavy atom. The number of aromatic hydroxyl groups is 2. The van der Waals surface area contributed by atoms with E-state index in [9.17, 15) is 15.0 Å². The normalized spacial score (nSPS) is 22.5. The molecule has 4 nitrogen and oxygen atoms in total. The predicted octanol–water partition coefficient (Wildman–Crippen LogP) is 4.05. The van der Waals surface area contributed by atoms with Crippen LogP contribution in [0, 0.1) is 17.8 Å². The Kier molecular flexibility index (Phi) is 5.20. The Morgan fingerprint density at radius 3 is 2.23 bits per heavy atom. The highest BCUT2D eigenvalue weighted by Crippen LogP contribution is 2.37. The fraction of sp³-hybridized carbons (Fsp3) is 0.722. The number of aromatic nitrogens is 1. The van der Waals surface area contributed by atoms with Crippen molar-refractivity contribution >= 4 is 5.78 Å². The Morgan fingerprint density at radius 1 is 1.18 bits per heavy atom. The summed E-state index contributed by atoms with van der Waals surface area (Å²) < 4.78 is 1.62. The molecule has 0 unspecified atom stereocenters. The molecule has 0 aliphatic heterocycles. The second kappa shape index (κ2) is 6.76. The van der Waals surface area contributed by atoms with Gasteiger partial charge in [-0.1, -0.05) is 27.7 Å². The summed E-state index contributed by atoms with van der Waals surface area (Å²) in [5, 5.41) is 20.3. The first-order chi connectivity index (χ1) is 10.3. The maximum Gasteiger partial charge on any atom is 0.197 e. The lowest BCUT2D eigenvalue weighted by Crippen LogP contribution is -2.26. The van der Waals surface area contributed by atoms with E-state index in [1.165, 1.54) is 0 Å².